The molecule has 0 N–H and O–H groups in total. The molecule has 1 aromatic heterocycles. The van der Waals surface area contributed by atoms with Crippen LogP contribution in [0, 0.1) is 6.92 Å². The standard InChI is InChI=1S/C12H15NS.ClH/c1-3-11-8-9(2)12(14-11)10-4-6-13-7-5-10;/h4,6-8,10H,3,5H2,1-2H3;1H. The molecule has 82 valence electrons. The largest absolute Gasteiger partial charge is 0.269 e. The Balaban J connectivity index is 0.00000112. The molecule has 2 rings (SSSR count). The van der Waals surface area contributed by atoms with Gasteiger partial charge in [-0.05, 0) is 31.4 Å². The van der Waals surface area contributed by atoms with Gasteiger partial charge in [0, 0.05) is 28.1 Å². The van der Waals surface area contributed by atoms with Gasteiger partial charge in [-0.25, -0.2) is 0 Å². The first-order valence-electron chi connectivity index (χ1n) is 5.08. The van der Waals surface area contributed by atoms with E-state index < -0.39 is 0 Å². The van der Waals surface area contributed by atoms with Crippen molar-refractivity contribution in [2.45, 2.75) is 32.6 Å². The summed E-state index contributed by atoms with van der Waals surface area (Å²) in [7, 11) is 0. The smallest absolute Gasteiger partial charge is 0.0230 e. The lowest BCUT2D eigenvalue weighted by Crippen LogP contribution is -1.97. The second kappa shape index (κ2) is 5.47. The van der Waals surface area contributed by atoms with Crippen molar-refractivity contribution in [3.8, 4) is 0 Å². The third-order valence-electron chi connectivity index (χ3n) is 2.56. The lowest BCUT2D eigenvalue weighted by molar-refractivity contribution is 0.901. The van der Waals surface area contributed by atoms with Gasteiger partial charge >= 0.3 is 0 Å². The fourth-order valence-electron chi connectivity index (χ4n) is 1.77. The van der Waals surface area contributed by atoms with Gasteiger partial charge in [0.25, 0.3) is 0 Å². The van der Waals surface area contributed by atoms with Crippen LogP contribution >= 0.6 is 23.7 Å². The minimum Gasteiger partial charge on any atom is -0.269 e. The maximum atomic E-state index is 4.11. The van der Waals surface area contributed by atoms with Crippen LogP contribution in [0.15, 0.2) is 23.3 Å². The Morgan fingerprint density at radius 3 is 2.87 bits per heavy atom. The van der Waals surface area contributed by atoms with Gasteiger partial charge in [-0.2, -0.15) is 0 Å². The van der Waals surface area contributed by atoms with E-state index in [1.165, 1.54) is 15.3 Å². The summed E-state index contributed by atoms with van der Waals surface area (Å²) in [4.78, 5) is 7.12. The summed E-state index contributed by atoms with van der Waals surface area (Å²) in [6.07, 6.45) is 8.34. The van der Waals surface area contributed by atoms with Crippen LogP contribution < -0.4 is 0 Å². The van der Waals surface area contributed by atoms with Gasteiger partial charge in [0.2, 0.25) is 0 Å². The maximum absolute atomic E-state index is 4.11. The Bertz CT molecular complexity index is 379. The molecule has 0 saturated heterocycles. The van der Waals surface area contributed by atoms with Gasteiger partial charge in [0.1, 0.15) is 0 Å². The molecular weight excluding hydrogens is 226 g/mol. The molecule has 1 atom stereocenters. The third kappa shape index (κ3) is 2.70. The first-order chi connectivity index (χ1) is 6.81. The van der Waals surface area contributed by atoms with Crippen LogP contribution in [-0.2, 0) is 6.42 Å². The van der Waals surface area contributed by atoms with Crippen LogP contribution in [0.1, 0.15) is 34.6 Å². The van der Waals surface area contributed by atoms with Crippen molar-refractivity contribution in [2.24, 2.45) is 4.99 Å². The van der Waals surface area contributed by atoms with Crippen LogP contribution in [0.3, 0.4) is 0 Å². The number of allylic oxidation sites excluding steroid dienone is 1. The number of hydrogen-bond donors (Lipinski definition) is 0. The molecule has 15 heavy (non-hydrogen) atoms. The number of aliphatic imine (C=N–C) groups is 1. The maximum Gasteiger partial charge on any atom is 0.0230 e. The zero-order chi connectivity index (χ0) is 9.97. The van der Waals surface area contributed by atoms with Crippen LogP contribution in [0.4, 0.5) is 0 Å². The van der Waals surface area contributed by atoms with Gasteiger partial charge in [-0.3, -0.25) is 4.99 Å². The van der Waals surface area contributed by atoms with E-state index in [9.17, 15) is 0 Å². The van der Waals surface area contributed by atoms with E-state index in [2.05, 4.69) is 31.0 Å². The molecule has 0 radical (unpaired) electrons. The van der Waals surface area contributed by atoms with E-state index in [1.54, 1.807) is 0 Å². The minimum absolute atomic E-state index is 0. The molecule has 0 aromatic carbocycles. The van der Waals surface area contributed by atoms with Crippen molar-refractivity contribution in [2.75, 3.05) is 0 Å². The average molecular weight is 242 g/mol. The Morgan fingerprint density at radius 2 is 2.33 bits per heavy atom. The van der Waals surface area contributed by atoms with Gasteiger partial charge in [-0.15, -0.1) is 23.7 Å². The molecule has 0 amide bonds. The summed E-state index contributed by atoms with van der Waals surface area (Å²) < 4.78 is 0. The van der Waals surface area contributed by atoms with Crippen LogP contribution in [0.2, 0.25) is 0 Å². The van der Waals surface area contributed by atoms with Crippen molar-refractivity contribution in [1.29, 1.82) is 0 Å². The lowest BCUT2D eigenvalue weighted by Gasteiger charge is -2.11. The van der Waals surface area contributed by atoms with E-state index in [-0.39, 0.29) is 12.4 Å². The van der Waals surface area contributed by atoms with E-state index in [1.807, 2.05) is 23.8 Å². The molecule has 1 aromatic rings. The fraction of sp³-hybridized carbons (Fsp3) is 0.417. The Morgan fingerprint density at radius 1 is 1.53 bits per heavy atom. The fourth-order valence-corrected chi connectivity index (χ4v) is 2.98. The number of rotatable bonds is 2. The van der Waals surface area contributed by atoms with Crippen molar-refractivity contribution >= 4 is 30.0 Å². The molecule has 0 spiro atoms. The predicted molar refractivity (Wildman–Crippen MR) is 70.7 cm³/mol. The molecule has 1 nitrogen and oxygen atoms in total. The molecule has 2 heterocycles. The number of aryl methyl sites for hydroxylation is 2. The van der Waals surface area contributed by atoms with Gasteiger partial charge in [-0.1, -0.05) is 13.0 Å². The molecule has 0 aliphatic carbocycles. The highest BCUT2D eigenvalue weighted by atomic mass is 35.5. The number of nitrogens with zero attached hydrogens (tertiary/aromatic N) is 1. The Kier molecular flexibility index (Phi) is 4.55. The highest BCUT2D eigenvalue weighted by Gasteiger charge is 2.14. The van der Waals surface area contributed by atoms with Crippen LogP contribution in [0.5, 0.6) is 0 Å². The van der Waals surface area contributed by atoms with Crippen molar-refractivity contribution < 1.29 is 0 Å². The highest BCUT2D eigenvalue weighted by Crippen LogP contribution is 2.33. The van der Waals surface area contributed by atoms with E-state index in [0.717, 1.165) is 12.8 Å². The van der Waals surface area contributed by atoms with Crippen LogP contribution in [-0.4, -0.2) is 6.21 Å². The topological polar surface area (TPSA) is 12.4 Å². The number of hydrogen-bond acceptors (Lipinski definition) is 2. The summed E-state index contributed by atoms with van der Waals surface area (Å²) in [5.74, 6) is 0.567. The van der Waals surface area contributed by atoms with Crippen molar-refractivity contribution in [1.82, 2.24) is 0 Å². The summed E-state index contributed by atoms with van der Waals surface area (Å²) in [6, 6.07) is 2.32. The summed E-state index contributed by atoms with van der Waals surface area (Å²) in [5, 5.41) is 0. The van der Waals surface area contributed by atoms with Gasteiger partial charge in [0.05, 0.1) is 0 Å². The SMILES string of the molecule is CCc1cc(C)c(C2C=CN=CC2)s1.Cl. The molecular formula is C12H16ClNS. The molecule has 1 aliphatic heterocycles. The van der Waals surface area contributed by atoms with E-state index in [0.29, 0.717) is 5.92 Å². The highest BCUT2D eigenvalue weighted by molar-refractivity contribution is 7.12. The predicted octanol–water partition coefficient (Wildman–Crippen LogP) is 4.11. The first kappa shape index (κ1) is 12.5. The monoisotopic (exact) mass is 241 g/mol. The second-order valence-corrected chi connectivity index (χ2v) is 4.80. The molecule has 0 fully saturated rings. The van der Waals surface area contributed by atoms with Crippen molar-refractivity contribution in [3.63, 3.8) is 0 Å². The zero-order valence-electron chi connectivity index (χ0n) is 9.06. The normalized spacial score (nSPS) is 18.9. The quantitative estimate of drug-likeness (QED) is 0.739. The zero-order valence-corrected chi connectivity index (χ0v) is 10.7. The Labute approximate surface area is 101 Å². The second-order valence-electron chi connectivity index (χ2n) is 3.63. The minimum atomic E-state index is 0. The van der Waals surface area contributed by atoms with Gasteiger partial charge in [0.15, 0.2) is 0 Å². The lowest BCUT2D eigenvalue weighted by atomic mass is 10.00. The van der Waals surface area contributed by atoms with Crippen LogP contribution in [0.25, 0.3) is 0 Å². The molecule has 1 aliphatic rings. The summed E-state index contributed by atoms with van der Waals surface area (Å²) >= 11 is 1.95. The molecule has 0 saturated carbocycles. The molecule has 0 bridgehead atoms. The number of thiophene rings is 1. The molecule has 3 heteroatoms. The van der Waals surface area contributed by atoms with E-state index >= 15 is 0 Å². The Hall–Kier alpha value is -0.600. The summed E-state index contributed by atoms with van der Waals surface area (Å²) in [5.41, 5.74) is 1.44. The van der Waals surface area contributed by atoms with Crippen molar-refractivity contribution in [3.05, 3.63) is 33.7 Å². The third-order valence-corrected chi connectivity index (χ3v) is 4.07. The average Bonchev–Trinajstić information content (AvgIpc) is 2.61. The number of halogens is 1. The summed E-state index contributed by atoms with van der Waals surface area (Å²) in [6.45, 7) is 4.43. The van der Waals surface area contributed by atoms with E-state index in [4.69, 9.17) is 0 Å². The first-order valence-corrected chi connectivity index (χ1v) is 5.90. The molecule has 1 unspecified atom stereocenters. The van der Waals surface area contributed by atoms with Gasteiger partial charge < -0.3 is 0 Å².